The van der Waals surface area contributed by atoms with E-state index < -0.39 is 49.1 Å². The van der Waals surface area contributed by atoms with Gasteiger partial charge in [-0.25, -0.2) is 0 Å². The van der Waals surface area contributed by atoms with E-state index in [1.165, 1.54) is 11.1 Å². The summed E-state index contributed by atoms with van der Waals surface area (Å²) in [6, 6.07) is 1.83. The van der Waals surface area contributed by atoms with Gasteiger partial charge in [0.2, 0.25) is 0 Å². The molecule has 0 amide bonds. The molecule has 0 bridgehead atoms. The molecular formula is C44H81F3O5Si3. The van der Waals surface area contributed by atoms with Crippen LogP contribution in [0.15, 0.2) is 23.3 Å². The topological polar surface area (TPSA) is 54.0 Å². The van der Waals surface area contributed by atoms with Gasteiger partial charge in [0.25, 0.3) is 0 Å². The normalized spacial score (nSPS) is 28.5. The number of esters is 1. The molecule has 3 aliphatic carbocycles. The van der Waals surface area contributed by atoms with Gasteiger partial charge in [0, 0.05) is 12.3 Å². The molecule has 7 atom stereocenters. The first-order valence-electron chi connectivity index (χ1n) is 21.7. The third kappa shape index (κ3) is 11.5. The summed E-state index contributed by atoms with van der Waals surface area (Å²) in [6.07, 6.45) is 7.37. The van der Waals surface area contributed by atoms with Gasteiger partial charge in [0.05, 0.1) is 12.2 Å². The number of carbonyl (C=O) groups excluding carboxylic acids is 1. The van der Waals surface area contributed by atoms with E-state index in [1.807, 2.05) is 27.7 Å². The highest BCUT2D eigenvalue weighted by atomic mass is 28.4. The second kappa shape index (κ2) is 17.9. The van der Waals surface area contributed by atoms with Crippen LogP contribution in [0.5, 0.6) is 0 Å². The maximum absolute atomic E-state index is 14.4. The first-order chi connectivity index (χ1) is 25.0. The average Bonchev–Trinajstić information content (AvgIpc) is 3.41. The monoisotopic (exact) mass is 831 g/mol. The van der Waals surface area contributed by atoms with E-state index in [-0.39, 0.29) is 46.1 Å². The van der Waals surface area contributed by atoms with Crippen LogP contribution in [0.4, 0.5) is 13.2 Å². The molecule has 0 heterocycles. The zero-order valence-electron chi connectivity index (χ0n) is 37.9. The lowest BCUT2D eigenvalue weighted by atomic mass is 9.62. The molecule has 1 unspecified atom stereocenters. The molecule has 0 aromatic carbocycles. The molecule has 3 aliphatic rings. The Labute approximate surface area is 338 Å². The Balaban J connectivity index is 1.78. The van der Waals surface area contributed by atoms with Crippen molar-refractivity contribution in [2.75, 3.05) is 0 Å². The second-order valence-electron chi connectivity index (χ2n) is 21.1. The number of ether oxygens (including phenoxy) is 1. The largest absolute Gasteiger partial charge is 0.462 e. The van der Waals surface area contributed by atoms with E-state index in [2.05, 4.69) is 86.8 Å². The number of carbonyl (C=O) groups is 1. The summed E-state index contributed by atoms with van der Waals surface area (Å²) >= 11 is 0. The van der Waals surface area contributed by atoms with Gasteiger partial charge in [-0.15, -0.1) is 0 Å². The number of allylic oxidation sites excluding steroid dienone is 3. The molecule has 55 heavy (non-hydrogen) atoms. The van der Waals surface area contributed by atoms with Crippen molar-refractivity contribution in [2.24, 2.45) is 17.3 Å². The molecular weight excluding hydrogens is 750 g/mol. The smallest absolute Gasteiger partial charge is 0.416 e. The fourth-order valence-electron chi connectivity index (χ4n) is 9.29. The predicted octanol–water partition coefficient (Wildman–Crippen LogP) is 14.1. The van der Waals surface area contributed by atoms with Crippen LogP contribution in [-0.2, 0) is 22.8 Å². The molecule has 0 spiro atoms. The zero-order chi connectivity index (χ0) is 42.1. The van der Waals surface area contributed by atoms with Gasteiger partial charge in [-0.1, -0.05) is 92.5 Å². The Morgan fingerprint density at radius 2 is 1.36 bits per heavy atom. The molecule has 11 heteroatoms. The van der Waals surface area contributed by atoms with Crippen molar-refractivity contribution < 1.29 is 36.0 Å². The molecule has 3 saturated carbocycles. The van der Waals surface area contributed by atoms with Crippen LogP contribution < -0.4 is 0 Å². The highest BCUT2D eigenvalue weighted by Gasteiger charge is 2.56. The van der Waals surface area contributed by atoms with E-state index in [9.17, 15) is 18.0 Å². The Morgan fingerprint density at radius 3 is 1.82 bits per heavy atom. The Hall–Kier alpha value is -0.729. The number of hydrogen-bond donors (Lipinski definition) is 0. The van der Waals surface area contributed by atoms with Crippen molar-refractivity contribution >= 4 is 30.9 Å². The molecule has 0 aromatic rings. The number of rotatable bonds is 15. The van der Waals surface area contributed by atoms with Crippen LogP contribution in [-0.4, -0.2) is 61.0 Å². The maximum atomic E-state index is 14.4. The van der Waals surface area contributed by atoms with Gasteiger partial charge < -0.3 is 18.0 Å². The lowest BCUT2D eigenvalue weighted by molar-refractivity contribution is -0.248. The van der Waals surface area contributed by atoms with E-state index >= 15 is 0 Å². The van der Waals surface area contributed by atoms with E-state index in [1.54, 1.807) is 0 Å². The number of hydrogen-bond acceptors (Lipinski definition) is 5. The maximum Gasteiger partial charge on any atom is 0.416 e. The summed E-state index contributed by atoms with van der Waals surface area (Å²) in [7, 11) is -6.52. The number of fused-ring (bicyclic) bond motifs is 1. The highest BCUT2D eigenvalue weighted by molar-refractivity contribution is 6.74. The van der Waals surface area contributed by atoms with Gasteiger partial charge in [-0.3, -0.25) is 4.79 Å². The number of halogens is 3. The van der Waals surface area contributed by atoms with Crippen LogP contribution in [0, 0.1) is 17.3 Å². The van der Waals surface area contributed by atoms with Crippen LogP contribution in [0.1, 0.15) is 147 Å². The molecule has 3 fully saturated rings. The van der Waals surface area contributed by atoms with Gasteiger partial charge in [-0.2, -0.15) is 13.2 Å². The summed E-state index contributed by atoms with van der Waals surface area (Å²) in [4.78, 5) is 13.2. The van der Waals surface area contributed by atoms with Crippen molar-refractivity contribution in [1.82, 2.24) is 0 Å². The van der Waals surface area contributed by atoms with Crippen LogP contribution in [0.3, 0.4) is 0 Å². The van der Waals surface area contributed by atoms with Crippen LogP contribution in [0.25, 0.3) is 0 Å². The summed E-state index contributed by atoms with van der Waals surface area (Å²) in [6.45, 7) is 34.4. The highest BCUT2D eigenvalue weighted by Crippen LogP contribution is 2.59. The van der Waals surface area contributed by atoms with Crippen molar-refractivity contribution in [3.05, 3.63) is 23.3 Å². The van der Waals surface area contributed by atoms with Crippen molar-refractivity contribution in [1.29, 1.82) is 0 Å². The zero-order valence-corrected chi connectivity index (χ0v) is 40.9. The number of alkyl halides is 3. The van der Waals surface area contributed by atoms with Crippen molar-refractivity contribution in [2.45, 2.75) is 232 Å². The van der Waals surface area contributed by atoms with Crippen molar-refractivity contribution in [3.63, 3.8) is 0 Å². The van der Waals surface area contributed by atoms with Crippen LogP contribution in [0.2, 0.25) is 54.4 Å². The third-order valence-corrected chi connectivity index (χ3v) is 29.1. The Kier molecular flexibility index (Phi) is 15.8. The lowest BCUT2D eigenvalue weighted by Gasteiger charge is -2.45. The summed E-state index contributed by atoms with van der Waals surface area (Å²) < 4.78 is 69.4. The molecule has 0 aliphatic heterocycles. The van der Waals surface area contributed by atoms with E-state index in [0.29, 0.717) is 24.1 Å². The first-order valence-corrected chi connectivity index (χ1v) is 30.0. The average molecular weight is 831 g/mol. The summed E-state index contributed by atoms with van der Waals surface area (Å²) in [5, 5.41) is 0.265. The second-order valence-corrected chi connectivity index (χ2v) is 35.3. The van der Waals surface area contributed by atoms with E-state index in [0.717, 1.165) is 58.3 Å². The minimum atomic E-state index is -4.57. The molecule has 0 radical (unpaired) electrons. The van der Waals surface area contributed by atoms with Crippen molar-refractivity contribution in [3.8, 4) is 0 Å². The summed E-state index contributed by atoms with van der Waals surface area (Å²) in [5.41, 5.74) is 0.485. The standard InChI is InChI=1S/C44H81F3O5Si3/c1-17-55(18-2,19-3)52-43(12,44(45,46)47)28-26-39(48)49-32(4)37-24-25-38-34(21-20-27-42(37,38)11)23-22-33-29-35(50-53(13,14)40(5,6)7)31-36(30-33)51-54(15,16)41(8,9)10/h22-23,32,35-38H,17-21,24-31H2,1-16H3/b34-23+/t32-,35+,36+,37+,38-,42+,43?/m0/s1. The summed E-state index contributed by atoms with van der Waals surface area (Å²) in [5.74, 6) is -0.0146. The molecule has 320 valence electrons. The van der Waals surface area contributed by atoms with Gasteiger partial charge in [0.15, 0.2) is 25.0 Å². The Bertz CT molecular complexity index is 1310. The quantitative estimate of drug-likeness (QED) is 0.122. The van der Waals surface area contributed by atoms with Gasteiger partial charge >= 0.3 is 12.1 Å². The third-order valence-electron chi connectivity index (χ3n) is 15.3. The molecule has 5 nitrogen and oxygen atoms in total. The minimum absolute atomic E-state index is 0.0328. The predicted molar refractivity (Wildman–Crippen MR) is 230 cm³/mol. The molecule has 0 N–H and O–H groups in total. The molecule has 0 aromatic heterocycles. The fourth-order valence-corrected chi connectivity index (χ4v) is 15.1. The Morgan fingerprint density at radius 1 is 0.855 bits per heavy atom. The van der Waals surface area contributed by atoms with Gasteiger partial charge in [-0.05, 0) is 137 Å². The first kappa shape index (κ1) is 48.6. The van der Waals surface area contributed by atoms with Gasteiger partial charge in [0.1, 0.15) is 11.7 Å². The fraction of sp³-hybridized carbons (Fsp3) is 0.886. The van der Waals surface area contributed by atoms with Crippen LogP contribution >= 0.6 is 0 Å². The molecule has 3 rings (SSSR count). The van der Waals surface area contributed by atoms with E-state index in [4.69, 9.17) is 18.0 Å². The lowest BCUT2D eigenvalue weighted by Crippen LogP contribution is -2.54. The minimum Gasteiger partial charge on any atom is -0.462 e. The SMILES string of the molecule is CC[Si](CC)(CC)OC(C)(CCC(=O)O[C@@H](C)[C@H]1CC[C@H]2/C(=C/C=C3C[C@@H](O[Si](C)(C)C(C)(C)C)C[C@H](O[Si](C)(C)C(C)(C)C)C3)CCC[C@]12C)C(F)(F)F. The molecule has 0 saturated heterocycles.